The second-order valence-corrected chi connectivity index (χ2v) is 4.33. The van der Waals surface area contributed by atoms with E-state index in [9.17, 15) is 0 Å². The van der Waals surface area contributed by atoms with Crippen molar-refractivity contribution in [2.24, 2.45) is 0 Å². The quantitative estimate of drug-likeness (QED) is 0.837. The van der Waals surface area contributed by atoms with Crippen LogP contribution < -0.4 is 5.32 Å². The second kappa shape index (κ2) is 6.38. The summed E-state index contributed by atoms with van der Waals surface area (Å²) < 4.78 is 1.01. The number of aromatic nitrogens is 1. The van der Waals surface area contributed by atoms with Gasteiger partial charge in [0.05, 0.1) is 5.69 Å². The van der Waals surface area contributed by atoms with Gasteiger partial charge in [-0.15, -0.1) is 11.6 Å². The molecule has 0 aromatic carbocycles. The number of halogens is 2. The highest BCUT2D eigenvalue weighted by Gasteiger charge is 2.03. The molecule has 0 bridgehead atoms. The first-order valence-corrected chi connectivity index (χ1v) is 5.98. The maximum absolute atomic E-state index is 5.77. The maximum Gasteiger partial charge on any atom is 0.0542 e. The molecule has 14 heavy (non-hydrogen) atoms. The van der Waals surface area contributed by atoms with Crippen molar-refractivity contribution in [1.82, 2.24) is 10.3 Å². The number of rotatable bonds is 5. The van der Waals surface area contributed by atoms with Crippen LogP contribution in [-0.4, -0.2) is 16.9 Å². The first-order valence-electron chi connectivity index (χ1n) is 4.66. The minimum absolute atomic E-state index is 0.377. The summed E-state index contributed by atoms with van der Waals surface area (Å²) in [6.07, 6.45) is 2.85. The average molecular weight is 278 g/mol. The largest absolute Gasteiger partial charge is 0.307 e. The Bertz CT molecular complexity index is 259. The van der Waals surface area contributed by atoms with Crippen LogP contribution in [0.25, 0.3) is 0 Å². The highest BCUT2D eigenvalue weighted by Crippen LogP contribution is 2.07. The molecule has 2 nitrogen and oxygen atoms in total. The van der Waals surface area contributed by atoms with Crippen LogP contribution in [0.3, 0.4) is 0 Å². The Labute approximate surface area is 98.2 Å². The van der Waals surface area contributed by atoms with E-state index in [2.05, 4.69) is 33.2 Å². The number of alkyl halides is 1. The van der Waals surface area contributed by atoms with E-state index < -0.39 is 0 Å². The zero-order valence-electron chi connectivity index (χ0n) is 8.13. The van der Waals surface area contributed by atoms with Gasteiger partial charge in [0.15, 0.2) is 0 Å². The van der Waals surface area contributed by atoms with Gasteiger partial charge in [-0.25, -0.2) is 0 Å². The summed E-state index contributed by atoms with van der Waals surface area (Å²) in [6.45, 7) is 2.90. The first-order chi connectivity index (χ1) is 6.76. The lowest BCUT2D eigenvalue weighted by Crippen LogP contribution is -2.29. The molecule has 1 unspecified atom stereocenters. The monoisotopic (exact) mass is 276 g/mol. The lowest BCUT2D eigenvalue weighted by Gasteiger charge is -2.12. The number of hydrogen-bond donors (Lipinski definition) is 1. The van der Waals surface area contributed by atoms with Gasteiger partial charge >= 0.3 is 0 Å². The molecule has 0 fully saturated rings. The zero-order chi connectivity index (χ0) is 10.4. The molecule has 0 radical (unpaired) electrons. The molecule has 1 atom stereocenters. The SMILES string of the molecule is CCC(CCl)NCc1ccc(Br)cn1. The van der Waals surface area contributed by atoms with Crippen LogP contribution in [0.1, 0.15) is 19.0 Å². The summed E-state index contributed by atoms with van der Waals surface area (Å²) in [5.74, 6) is 0.646. The molecule has 1 aromatic rings. The van der Waals surface area contributed by atoms with Crippen LogP contribution in [0.4, 0.5) is 0 Å². The zero-order valence-corrected chi connectivity index (χ0v) is 10.5. The molecule has 0 amide bonds. The molecule has 1 aromatic heterocycles. The van der Waals surface area contributed by atoms with Gasteiger partial charge in [-0.3, -0.25) is 4.98 Å². The molecule has 1 heterocycles. The molecule has 4 heteroatoms. The van der Waals surface area contributed by atoms with Crippen LogP contribution in [-0.2, 0) is 6.54 Å². The van der Waals surface area contributed by atoms with E-state index in [1.54, 1.807) is 6.20 Å². The van der Waals surface area contributed by atoms with Gasteiger partial charge < -0.3 is 5.32 Å². The summed E-state index contributed by atoms with van der Waals surface area (Å²) in [4.78, 5) is 4.27. The van der Waals surface area contributed by atoms with Crippen molar-refractivity contribution >= 4 is 27.5 Å². The number of nitrogens with zero attached hydrogens (tertiary/aromatic N) is 1. The normalized spacial score (nSPS) is 12.8. The van der Waals surface area contributed by atoms with Crippen LogP contribution in [0.2, 0.25) is 0 Å². The third kappa shape index (κ3) is 3.95. The number of nitrogens with one attached hydrogen (secondary N) is 1. The molecule has 0 aliphatic rings. The molecular weight excluding hydrogens is 263 g/mol. The van der Waals surface area contributed by atoms with Crippen molar-refractivity contribution in [3.8, 4) is 0 Å². The van der Waals surface area contributed by atoms with E-state index in [0.29, 0.717) is 11.9 Å². The molecule has 1 N–H and O–H groups in total. The van der Waals surface area contributed by atoms with Gasteiger partial charge in [0.1, 0.15) is 0 Å². The van der Waals surface area contributed by atoms with Gasteiger partial charge in [-0.1, -0.05) is 6.92 Å². The smallest absolute Gasteiger partial charge is 0.0542 e. The van der Waals surface area contributed by atoms with Gasteiger partial charge in [-0.2, -0.15) is 0 Å². The fraction of sp³-hybridized carbons (Fsp3) is 0.500. The third-order valence-corrected chi connectivity index (χ3v) is 2.88. The van der Waals surface area contributed by atoms with Crippen molar-refractivity contribution in [3.05, 3.63) is 28.5 Å². The van der Waals surface area contributed by atoms with Gasteiger partial charge in [0.25, 0.3) is 0 Å². The molecule has 0 spiro atoms. The van der Waals surface area contributed by atoms with E-state index >= 15 is 0 Å². The minimum Gasteiger partial charge on any atom is -0.307 e. The lowest BCUT2D eigenvalue weighted by molar-refractivity contribution is 0.533. The van der Waals surface area contributed by atoms with Crippen LogP contribution in [0, 0.1) is 0 Å². The fourth-order valence-corrected chi connectivity index (χ4v) is 1.63. The summed E-state index contributed by atoms with van der Waals surface area (Å²) in [5, 5.41) is 3.35. The Morgan fingerprint density at radius 3 is 2.86 bits per heavy atom. The standard InChI is InChI=1S/C10H14BrClN2/c1-2-9(5-12)14-7-10-4-3-8(11)6-13-10/h3-4,6,9,14H,2,5,7H2,1H3. The van der Waals surface area contributed by atoms with E-state index in [4.69, 9.17) is 11.6 Å². The Morgan fingerprint density at radius 2 is 2.36 bits per heavy atom. The van der Waals surface area contributed by atoms with Crippen molar-refractivity contribution in [2.45, 2.75) is 25.9 Å². The summed E-state index contributed by atoms with van der Waals surface area (Å²) in [7, 11) is 0. The lowest BCUT2D eigenvalue weighted by atomic mass is 10.2. The maximum atomic E-state index is 5.77. The predicted octanol–water partition coefficient (Wildman–Crippen LogP) is 2.95. The van der Waals surface area contributed by atoms with Crippen LogP contribution in [0.5, 0.6) is 0 Å². The van der Waals surface area contributed by atoms with E-state index in [-0.39, 0.29) is 0 Å². The molecular formula is C10H14BrClN2. The van der Waals surface area contributed by atoms with E-state index in [0.717, 1.165) is 23.1 Å². The second-order valence-electron chi connectivity index (χ2n) is 3.11. The van der Waals surface area contributed by atoms with Crippen molar-refractivity contribution in [3.63, 3.8) is 0 Å². The van der Waals surface area contributed by atoms with Crippen molar-refractivity contribution < 1.29 is 0 Å². The van der Waals surface area contributed by atoms with E-state index in [1.807, 2.05) is 12.1 Å². The van der Waals surface area contributed by atoms with Crippen molar-refractivity contribution in [1.29, 1.82) is 0 Å². The average Bonchev–Trinajstić information content (AvgIpc) is 2.22. The molecule has 0 saturated carbocycles. The Hall–Kier alpha value is -0.120. The first kappa shape index (κ1) is 12.0. The molecule has 0 aliphatic carbocycles. The Balaban J connectivity index is 2.41. The highest BCUT2D eigenvalue weighted by molar-refractivity contribution is 9.10. The third-order valence-electron chi connectivity index (χ3n) is 2.04. The van der Waals surface area contributed by atoms with Crippen LogP contribution in [0.15, 0.2) is 22.8 Å². The summed E-state index contributed by atoms with van der Waals surface area (Å²) in [6, 6.07) is 4.37. The fourth-order valence-electron chi connectivity index (χ4n) is 1.07. The Morgan fingerprint density at radius 1 is 1.57 bits per heavy atom. The molecule has 0 aliphatic heterocycles. The summed E-state index contributed by atoms with van der Waals surface area (Å²) >= 11 is 9.12. The van der Waals surface area contributed by atoms with Gasteiger partial charge in [-0.05, 0) is 34.5 Å². The number of hydrogen-bond acceptors (Lipinski definition) is 2. The molecule has 0 saturated heterocycles. The van der Waals surface area contributed by atoms with Gasteiger partial charge in [0, 0.05) is 29.1 Å². The Kier molecular flexibility index (Phi) is 5.45. The number of pyridine rings is 1. The molecule has 78 valence electrons. The van der Waals surface area contributed by atoms with E-state index in [1.165, 1.54) is 0 Å². The van der Waals surface area contributed by atoms with Crippen LogP contribution >= 0.6 is 27.5 Å². The topological polar surface area (TPSA) is 24.9 Å². The van der Waals surface area contributed by atoms with Gasteiger partial charge in [0.2, 0.25) is 0 Å². The molecule has 1 rings (SSSR count). The van der Waals surface area contributed by atoms with Crippen molar-refractivity contribution in [2.75, 3.05) is 5.88 Å². The highest BCUT2D eigenvalue weighted by atomic mass is 79.9. The summed E-state index contributed by atoms with van der Waals surface area (Å²) in [5.41, 5.74) is 1.04. The predicted molar refractivity (Wildman–Crippen MR) is 63.6 cm³/mol. The minimum atomic E-state index is 0.377.